The Bertz CT molecular complexity index is 714. The summed E-state index contributed by atoms with van der Waals surface area (Å²) in [7, 11) is 1.96. The van der Waals surface area contributed by atoms with Gasteiger partial charge in [-0.15, -0.1) is 10.2 Å². The van der Waals surface area contributed by atoms with E-state index in [9.17, 15) is 4.79 Å². The summed E-state index contributed by atoms with van der Waals surface area (Å²) >= 11 is 7.39. The number of aromatic nitrogens is 3. The second-order valence-corrected chi connectivity index (χ2v) is 7.19. The second kappa shape index (κ2) is 6.93. The number of hydrogen-bond acceptors (Lipinski definition) is 4. The van der Waals surface area contributed by atoms with E-state index >= 15 is 0 Å². The lowest BCUT2D eigenvalue weighted by molar-refractivity contribution is -0.119. The molecule has 2 aromatic rings. The van der Waals surface area contributed by atoms with Gasteiger partial charge in [0, 0.05) is 18.0 Å². The van der Waals surface area contributed by atoms with Crippen LogP contribution >= 0.6 is 23.4 Å². The Balaban J connectivity index is 1.53. The van der Waals surface area contributed by atoms with Gasteiger partial charge in [-0.1, -0.05) is 35.5 Å². The van der Waals surface area contributed by atoms with Crippen molar-refractivity contribution in [3.05, 3.63) is 40.7 Å². The molecule has 1 amide bonds. The average Bonchev–Trinajstić information content (AvgIpc) is 3.29. The van der Waals surface area contributed by atoms with Gasteiger partial charge < -0.3 is 9.88 Å². The molecule has 3 rings (SSSR count). The summed E-state index contributed by atoms with van der Waals surface area (Å²) in [5.41, 5.74) is 0.991. The van der Waals surface area contributed by atoms with Gasteiger partial charge in [-0.2, -0.15) is 0 Å². The van der Waals surface area contributed by atoms with E-state index in [0.29, 0.717) is 16.7 Å². The van der Waals surface area contributed by atoms with Crippen LogP contribution in [0.5, 0.6) is 0 Å². The van der Waals surface area contributed by atoms with E-state index in [1.54, 1.807) is 0 Å². The number of thioether (sulfide) groups is 1. The van der Waals surface area contributed by atoms with E-state index in [1.807, 2.05) is 42.8 Å². The maximum Gasteiger partial charge on any atom is 0.230 e. The van der Waals surface area contributed by atoms with Crippen LogP contribution in [0.3, 0.4) is 0 Å². The first-order valence-electron chi connectivity index (χ1n) is 7.61. The minimum atomic E-state index is -0.0803. The van der Waals surface area contributed by atoms with Crippen LogP contribution < -0.4 is 5.32 Å². The third-order valence-corrected chi connectivity index (χ3v) is 5.12. The lowest BCUT2D eigenvalue weighted by atomic mass is 10.1. The van der Waals surface area contributed by atoms with E-state index in [-0.39, 0.29) is 11.9 Å². The van der Waals surface area contributed by atoms with Gasteiger partial charge in [0.1, 0.15) is 5.82 Å². The topological polar surface area (TPSA) is 59.8 Å². The lowest BCUT2D eigenvalue weighted by Crippen LogP contribution is -2.28. The molecule has 1 N–H and O–H groups in total. The molecule has 1 atom stereocenters. The summed E-state index contributed by atoms with van der Waals surface area (Å²) in [4.78, 5) is 12.1. The minimum absolute atomic E-state index is 0.0292. The molecule has 0 bridgehead atoms. The van der Waals surface area contributed by atoms with Crippen LogP contribution in [0, 0.1) is 0 Å². The number of amides is 1. The molecule has 1 aromatic heterocycles. The molecule has 0 saturated heterocycles. The summed E-state index contributed by atoms with van der Waals surface area (Å²) in [5, 5.41) is 12.8. The highest BCUT2D eigenvalue weighted by molar-refractivity contribution is 7.99. The number of carbonyl (C=O) groups excluding carboxylic acids is 1. The average molecular weight is 351 g/mol. The van der Waals surface area contributed by atoms with Crippen LogP contribution in [0.4, 0.5) is 0 Å². The molecule has 23 heavy (non-hydrogen) atoms. The molecular weight excluding hydrogens is 332 g/mol. The second-order valence-electron chi connectivity index (χ2n) is 5.81. The first kappa shape index (κ1) is 16.3. The van der Waals surface area contributed by atoms with Crippen molar-refractivity contribution >= 4 is 29.3 Å². The van der Waals surface area contributed by atoms with Crippen LogP contribution in [-0.2, 0) is 11.8 Å². The summed E-state index contributed by atoms with van der Waals surface area (Å²) in [5.74, 6) is 1.87. The third kappa shape index (κ3) is 4.06. The minimum Gasteiger partial charge on any atom is -0.349 e. The van der Waals surface area contributed by atoms with E-state index in [4.69, 9.17) is 11.6 Å². The lowest BCUT2D eigenvalue weighted by Gasteiger charge is -2.14. The molecule has 1 fully saturated rings. The Morgan fingerprint density at radius 1 is 1.48 bits per heavy atom. The molecule has 0 radical (unpaired) electrons. The number of hydrogen-bond donors (Lipinski definition) is 1. The van der Waals surface area contributed by atoms with Crippen LogP contribution in [0.15, 0.2) is 29.4 Å². The van der Waals surface area contributed by atoms with Gasteiger partial charge in [0.2, 0.25) is 5.91 Å². The highest BCUT2D eigenvalue weighted by atomic mass is 35.5. The van der Waals surface area contributed by atoms with Gasteiger partial charge in [0.15, 0.2) is 5.16 Å². The number of nitrogens with one attached hydrogen (secondary N) is 1. The van der Waals surface area contributed by atoms with Crippen molar-refractivity contribution in [2.24, 2.45) is 7.05 Å². The molecule has 1 saturated carbocycles. The molecule has 1 heterocycles. The number of nitrogens with zero attached hydrogens (tertiary/aromatic N) is 3. The van der Waals surface area contributed by atoms with Gasteiger partial charge in [0.05, 0.1) is 11.8 Å². The predicted molar refractivity (Wildman–Crippen MR) is 91.7 cm³/mol. The Labute approximate surface area is 144 Å². The van der Waals surface area contributed by atoms with Crippen molar-refractivity contribution < 1.29 is 4.79 Å². The zero-order valence-electron chi connectivity index (χ0n) is 13.1. The summed E-state index contributed by atoms with van der Waals surface area (Å²) in [6, 6.07) is 7.44. The summed E-state index contributed by atoms with van der Waals surface area (Å²) in [6.45, 7) is 1.95. The van der Waals surface area contributed by atoms with Gasteiger partial charge >= 0.3 is 0 Å². The number of carbonyl (C=O) groups is 1. The third-order valence-electron chi connectivity index (χ3n) is 3.87. The largest absolute Gasteiger partial charge is 0.349 e. The maximum absolute atomic E-state index is 12.1. The van der Waals surface area contributed by atoms with Crippen LogP contribution in [0.1, 0.15) is 43.1 Å². The fourth-order valence-corrected chi connectivity index (χ4v) is 3.35. The smallest absolute Gasteiger partial charge is 0.230 e. The Hall–Kier alpha value is -1.53. The molecule has 1 aliphatic rings. The number of halogens is 1. The van der Waals surface area contributed by atoms with Gasteiger partial charge in [-0.25, -0.2) is 0 Å². The molecule has 1 aromatic carbocycles. The Morgan fingerprint density at radius 3 is 2.96 bits per heavy atom. The van der Waals surface area contributed by atoms with E-state index in [2.05, 4.69) is 15.5 Å². The highest BCUT2D eigenvalue weighted by Crippen LogP contribution is 2.39. The number of benzene rings is 1. The van der Waals surface area contributed by atoms with Gasteiger partial charge in [0.25, 0.3) is 0 Å². The van der Waals surface area contributed by atoms with E-state index in [0.717, 1.165) is 16.5 Å². The van der Waals surface area contributed by atoms with Gasteiger partial charge in [-0.3, -0.25) is 4.79 Å². The predicted octanol–water partition coefficient (Wildman–Crippen LogP) is 3.32. The van der Waals surface area contributed by atoms with Crippen molar-refractivity contribution in [3.8, 4) is 0 Å². The SMILES string of the molecule is CC(NC(=O)CSc1nnc(C2CC2)n1C)c1cccc(Cl)c1. The monoisotopic (exact) mass is 350 g/mol. The molecule has 1 aliphatic carbocycles. The van der Waals surface area contributed by atoms with Crippen LogP contribution in [0.25, 0.3) is 0 Å². The zero-order valence-corrected chi connectivity index (χ0v) is 14.7. The maximum atomic E-state index is 12.1. The van der Waals surface area contributed by atoms with Gasteiger partial charge in [-0.05, 0) is 37.5 Å². The Morgan fingerprint density at radius 2 is 2.26 bits per heavy atom. The van der Waals surface area contributed by atoms with Crippen molar-refractivity contribution in [3.63, 3.8) is 0 Å². The molecular formula is C16H19ClN4OS. The Kier molecular flexibility index (Phi) is 4.92. The van der Waals surface area contributed by atoms with Crippen molar-refractivity contribution in [2.75, 3.05) is 5.75 Å². The summed E-state index contributed by atoms with van der Waals surface area (Å²) < 4.78 is 2.00. The molecule has 7 heteroatoms. The van der Waals surface area contributed by atoms with E-state index in [1.165, 1.54) is 24.6 Å². The molecule has 5 nitrogen and oxygen atoms in total. The van der Waals surface area contributed by atoms with Crippen molar-refractivity contribution in [2.45, 2.75) is 36.9 Å². The molecule has 122 valence electrons. The van der Waals surface area contributed by atoms with Crippen LogP contribution in [0.2, 0.25) is 5.02 Å². The quantitative estimate of drug-likeness (QED) is 0.812. The summed E-state index contributed by atoms with van der Waals surface area (Å²) in [6.07, 6.45) is 2.38. The van der Waals surface area contributed by atoms with Crippen LogP contribution in [-0.4, -0.2) is 26.4 Å². The van der Waals surface area contributed by atoms with E-state index < -0.39 is 0 Å². The highest BCUT2D eigenvalue weighted by Gasteiger charge is 2.29. The fourth-order valence-electron chi connectivity index (χ4n) is 2.42. The normalized spacial score (nSPS) is 15.4. The first-order chi connectivity index (χ1) is 11.0. The molecule has 0 aliphatic heterocycles. The zero-order chi connectivity index (χ0) is 16.4. The number of rotatable bonds is 6. The standard InChI is InChI=1S/C16H19ClN4OS/c1-10(12-4-3-5-13(17)8-12)18-14(22)9-23-16-20-19-15(21(16)2)11-6-7-11/h3-5,8,10-11H,6-7,9H2,1-2H3,(H,18,22). The first-order valence-corrected chi connectivity index (χ1v) is 8.98. The van der Waals surface area contributed by atoms with Crippen molar-refractivity contribution in [1.82, 2.24) is 20.1 Å². The molecule has 0 spiro atoms. The fraction of sp³-hybridized carbons (Fsp3) is 0.438. The molecule has 1 unspecified atom stereocenters. The van der Waals surface area contributed by atoms with Crippen molar-refractivity contribution in [1.29, 1.82) is 0 Å².